The molecule has 0 saturated carbocycles. The fourth-order valence-electron chi connectivity index (χ4n) is 3.97. The number of nitrogens with one attached hydrogen (secondary N) is 2. The Morgan fingerprint density at radius 1 is 1.00 bits per heavy atom. The molecule has 0 bridgehead atoms. The minimum Gasteiger partial charge on any atom is -0.489 e. The average molecular weight is 391 g/mol. The van der Waals surface area contributed by atoms with Crippen LogP contribution >= 0.6 is 11.3 Å². The lowest BCUT2D eigenvalue weighted by molar-refractivity contribution is 0.0935. The highest BCUT2D eigenvalue weighted by molar-refractivity contribution is 7.16. The summed E-state index contributed by atoms with van der Waals surface area (Å²) < 4.78 is 5.95. The lowest BCUT2D eigenvalue weighted by Gasteiger charge is -2.27. The number of ether oxygens (including phenoxy) is 1. The maximum absolute atomic E-state index is 12.8. The summed E-state index contributed by atoms with van der Waals surface area (Å²) in [5.74, 6) is 0.836. The van der Waals surface area contributed by atoms with Gasteiger partial charge in [-0.05, 0) is 54.5 Å². The molecular weight excluding hydrogens is 368 g/mol. The molecule has 3 aromatic rings. The fourth-order valence-corrected chi connectivity index (χ4v) is 5.28. The van der Waals surface area contributed by atoms with Crippen molar-refractivity contribution in [2.24, 2.45) is 0 Å². The van der Waals surface area contributed by atoms with E-state index in [1.165, 1.54) is 23.3 Å². The summed E-state index contributed by atoms with van der Waals surface area (Å²) in [5.41, 5.74) is 4.25. The van der Waals surface area contributed by atoms with Crippen LogP contribution in [0, 0.1) is 0 Å². The Balaban J connectivity index is 1.35. The van der Waals surface area contributed by atoms with Gasteiger partial charge in [0.05, 0.1) is 5.56 Å². The molecule has 2 aliphatic rings. The van der Waals surface area contributed by atoms with E-state index in [0.717, 1.165) is 40.3 Å². The molecule has 2 aromatic carbocycles. The zero-order valence-electron chi connectivity index (χ0n) is 15.5. The molecule has 0 spiro atoms. The summed E-state index contributed by atoms with van der Waals surface area (Å²) in [6, 6.07) is 18.1. The minimum absolute atomic E-state index is 0.0359. The van der Waals surface area contributed by atoms with Gasteiger partial charge >= 0.3 is 0 Å². The number of hydrogen-bond donors (Lipinski definition) is 2. The Morgan fingerprint density at radius 2 is 1.86 bits per heavy atom. The topological polar surface area (TPSA) is 50.4 Å². The van der Waals surface area contributed by atoms with Crippen molar-refractivity contribution in [1.82, 2.24) is 5.32 Å². The second kappa shape index (κ2) is 7.32. The zero-order valence-corrected chi connectivity index (χ0v) is 16.4. The van der Waals surface area contributed by atoms with Crippen LogP contribution in [0.1, 0.15) is 50.9 Å². The van der Waals surface area contributed by atoms with Crippen molar-refractivity contribution in [1.29, 1.82) is 0 Å². The molecule has 0 saturated heterocycles. The van der Waals surface area contributed by atoms with Crippen molar-refractivity contribution < 1.29 is 9.53 Å². The molecule has 0 fully saturated rings. The monoisotopic (exact) mass is 390 g/mol. The average Bonchev–Trinajstić information content (AvgIpc) is 3.12. The van der Waals surface area contributed by atoms with Gasteiger partial charge in [0.25, 0.3) is 5.91 Å². The van der Waals surface area contributed by atoms with Gasteiger partial charge in [-0.2, -0.15) is 0 Å². The van der Waals surface area contributed by atoms with Crippen molar-refractivity contribution in [3.8, 4) is 5.75 Å². The number of amides is 1. The first-order valence-electron chi connectivity index (χ1n) is 9.76. The Morgan fingerprint density at radius 3 is 2.75 bits per heavy atom. The van der Waals surface area contributed by atoms with E-state index < -0.39 is 0 Å². The summed E-state index contributed by atoms with van der Waals surface area (Å²) in [5, 5.41) is 7.67. The number of fused-ring (bicyclic) bond motifs is 3. The normalized spacial score (nSPS) is 17.9. The highest BCUT2D eigenvalue weighted by atomic mass is 32.1. The Kier molecular flexibility index (Phi) is 4.53. The molecule has 2 N–H and O–H groups in total. The molecule has 5 heteroatoms. The van der Waals surface area contributed by atoms with Gasteiger partial charge in [0, 0.05) is 4.88 Å². The second-order valence-corrected chi connectivity index (χ2v) is 8.42. The van der Waals surface area contributed by atoms with E-state index in [0.29, 0.717) is 6.61 Å². The number of benzene rings is 2. The standard InChI is InChI=1S/C23H22N2O2S/c26-22-20-18-11-4-5-12-19(18)28-23(20)25-21(24-22)16-9-6-10-17(13-16)27-14-15-7-2-1-3-8-15/h1-3,6-10,13,21,25H,4-5,11-12,14H2,(H,24,26). The minimum atomic E-state index is -0.236. The molecule has 4 nitrogen and oxygen atoms in total. The molecule has 2 heterocycles. The molecule has 1 amide bonds. The number of anilines is 1. The summed E-state index contributed by atoms with van der Waals surface area (Å²) in [7, 11) is 0. The van der Waals surface area contributed by atoms with Gasteiger partial charge < -0.3 is 15.4 Å². The number of hydrogen-bond acceptors (Lipinski definition) is 4. The van der Waals surface area contributed by atoms with Gasteiger partial charge in [-0.3, -0.25) is 4.79 Å². The highest BCUT2D eigenvalue weighted by Gasteiger charge is 2.32. The maximum atomic E-state index is 12.8. The number of rotatable bonds is 4. The van der Waals surface area contributed by atoms with Crippen LogP contribution in [0.25, 0.3) is 0 Å². The molecule has 5 rings (SSSR count). The van der Waals surface area contributed by atoms with Crippen LogP contribution in [0.4, 0.5) is 5.00 Å². The summed E-state index contributed by atoms with van der Waals surface area (Å²) >= 11 is 1.75. The molecule has 1 atom stereocenters. The SMILES string of the molecule is O=C1NC(c2cccc(OCc3ccccc3)c2)Nc2sc3c(c21)CCCC3. The molecule has 1 aliphatic carbocycles. The smallest absolute Gasteiger partial charge is 0.256 e. The van der Waals surface area contributed by atoms with Crippen molar-refractivity contribution in [2.75, 3.05) is 5.32 Å². The van der Waals surface area contributed by atoms with Crippen LogP contribution in [0.3, 0.4) is 0 Å². The van der Waals surface area contributed by atoms with Crippen LogP contribution in [-0.4, -0.2) is 5.91 Å². The van der Waals surface area contributed by atoms with Crippen LogP contribution < -0.4 is 15.4 Å². The Hall–Kier alpha value is -2.79. The predicted molar refractivity (Wildman–Crippen MR) is 112 cm³/mol. The van der Waals surface area contributed by atoms with Crippen LogP contribution in [-0.2, 0) is 19.4 Å². The van der Waals surface area contributed by atoms with E-state index in [4.69, 9.17) is 4.74 Å². The number of carbonyl (C=O) groups excluding carboxylic acids is 1. The number of carbonyl (C=O) groups is 1. The molecule has 1 aromatic heterocycles. The van der Waals surface area contributed by atoms with Crippen LogP contribution in [0.5, 0.6) is 5.75 Å². The van der Waals surface area contributed by atoms with Gasteiger partial charge in [0.2, 0.25) is 0 Å². The summed E-state index contributed by atoms with van der Waals surface area (Å²) in [4.78, 5) is 14.2. The van der Waals surface area contributed by atoms with Gasteiger partial charge in [-0.25, -0.2) is 0 Å². The third kappa shape index (κ3) is 3.27. The molecule has 28 heavy (non-hydrogen) atoms. The van der Waals surface area contributed by atoms with E-state index in [1.807, 2.05) is 54.6 Å². The molecule has 0 radical (unpaired) electrons. The third-order valence-corrected chi connectivity index (χ3v) is 6.61. The van der Waals surface area contributed by atoms with E-state index in [9.17, 15) is 4.79 Å². The van der Waals surface area contributed by atoms with Gasteiger partial charge in [-0.15, -0.1) is 11.3 Å². The fraction of sp³-hybridized carbons (Fsp3) is 0.261. The van der Waals surface area contributed by atoms with E-state index >= 15 is 0 Å². The first-order chi connectivity index (χ1) is 13.8. The van der Waals surface area contributed by atoms with Gasteiger partial charge in [0.15, 0.2) is 0 Å². The predicted octanol–water partition coefficient (Wildman–Crippen LogP) is 5.06. The van der Waals surface area contributed by atoms with Gasteiger partial charge in [0.1, 0.15) is 23.5 Å². The van der Waals surface area contributed by atoms with Crippen LogP contribution in [0.15, 0.2) is 54.6 Å². The second-order valence-electron chi connectivity index (χ2n) is 7.31. The first kappa shape index (κ1) is 17.3. The number of aryl methyl sites for hydroxylation is 1. The van der Waals surface area contributed by atoms with Crippen molar-refractivity contribution in [3.05, 3.63) is 81.7 Å². The van der Waals surface area contributed by atoms with Gasteiger partial charge in [-0.1, -0.05) is 42.5 Å². The molecular formula is C23H22N2O2S. The summed E-state index contributed by atoms with van der Waals surface area (Å²) in [6.45, 7) is 0.524. The zero-order chi connectivity index (χ0) is 18.9. The van der Waals surface area contributed by atoms with E-state index in [2.05, 4.69) is 10.6 Å². The van der Waals surface area contributed by atoms with Crippen molar-refractivity contribution in [3.63, 3.8) is 0 Å². The Labute approximate surface area is 168 Å². The first-order valence-corrected chi connectivity index (χ1v) is 10.6. The quantitative estimate of drug-likeness (QED) is 0.655. The largest absolute Gasteiger partial charge is 0.489 e. The van der Waals surface area contributed by atoms with Crippen molar-refractivity contribution in [2.45, 2.75) is 38.5 Å². The lowest BCUT2D eigenvalue weighted by Crippen LogP contribution is -2.38. The molecule has 142 valence electrons. The Bertz CT molecular complexity index is 1010. The van der Waals surface area contributed by atoms with Crippen molar-refractivity contribution >= 4 is 22.2 Å². The maximum Gasteiger partial charge on any atom is 0.256 e. The highest BCUT2D eigenvalue weighted by Crippen LogP contribution is 2.41. The van der Waals surface area contributed by atoms with E-state index in [-0.39, 0.29) is 12.1 Å². The lowest BCUT2D eigenvalue weighted by atomic mass is 9.94. The summed E-state index contributed by atoms with van der Waals surface area (Å²) in [6.07, 6.45) is 4.27. The molecule has 1 aliphatic heterocycles. The number of thiophene rings is 1. The third-order valence-electron chi connectivity index (χ3n) is 5.39. The van der Waals surface area contributed by atoms with Crippen LogP contribution in [0.2, 0.25) is 0 Å². The molecule has 1 unspecified atom stereocenters. The van der Waals surface area contributed by atoms with E-state index in [1.54, 1.807) is 11.3 Å².